The van der Waals surface area contributed by atoms with Crippen LogP contribution in [0.25, 0.3) is 0 Å². The van der Waals surface area contributed by atoms with Crippen LogP contribution in [-0.2, 0) is 14.8 Å². The summed E-state index contributed by atoms with van der Waals surface area (Å²) >= 11 is 0. The molecule has 3 aliphatic rings. The topological polar surface area (TPSA) is 76.1 Å². The van der Waals surface area contributed by atoms with Crippen LogP contribution in [0, 0.1) is 5.41 Å². The molecule has 2 fully saturated rings. The molecule has 6 nitrogen and oxygen atoms in total. The van der Waals surface area contributed by atoms with Crippen molar-refractivity contribution in [1.82, 2.24) is 4.90 Å². The van der Waals surface area contributed by atoms with E-state index in [4.69, 9.17) is 9.31 Å². The Labute approximate surface area is 182 Å². The lowest BCUT2D eigenvalue weighted by atomic mass is 9.61. The van der Waals surface area contributed by atoms with E-state index in [1.807, 2.05) is 24.3 Å². The highest BCUT2D eigenvalue weighted by Crippen LogP contribution is 2.54. The second-order valence-corrected chi connectivity index (χ2v) is 10.1. The molecule has 31 heavy (non-hydrogen) atoms. The Morgan fingerprint density at radius 1 is 0.871 bits per heavy atom. The lowest BCUT2D eigenvalue weighted by Gasteiger charge is -2.55. The summed E-state index contributed by atoms with van der Waals surface area (Å²) in [5, 5.41) is 10.6. The van der Waals surface area contributed by atoms with Crippen molar-refractivity contribution in [1.29, 1.82) is 0 Å². The van der Waals surface area contributed by atoms with Crippen LogP contribution in [0.3, 0.4) is 0 Å². The lowest BCUT2D eigenvalue weighted by Crippen LogP contribution is -2.63. The molecule has 0 spiro atoms. The molecule has 1 aliphatic carbocycles. The Morgan fingerprint density at radius 2 is 1.39 bits per heavy atom. The van der Waals surface area contributed by atoms with Gasteiger partial charge in [0.2, 0.25) is 0 Å². The molecule has 2 aliphatic heterocycles. The summed E-state index contributed by atoms with van der Waals surface area (Å²) in [6.45, 7) is 7.16. The van der Waals surface area contributed by atoms with Crippen LogP contribution in [0.15, 0.2) is 48.5 Å². The maximum absolute atomic E-state index is 13.2. The molecule has 0 radical (unpaired) electrons. The van der Waals surface area contributed by atoms with E-state index >= 15 is 0 Å². The zero-order valence-electron chi connectivity index (χ0n) is 18.1. The fourth-order valence-electron chi connectivity index (χ4n) is 5.11. The number of carbonyl (C=O) groups excluding carboxylic acids is 2. The maximum Gasteiger partial charge on any atom is 0.493 e. The Hall–Kier alpha value is -2.48. The largest absolute Gasteiger partial charge is 0.493 e. The van der Waals surface area contributed by atoms with E-state index in [0.717, 1.165) is 11.0 Å². The second kappa shape index (κ2) is 6.76. The lowest BCUT2D eigenvalue weighted by molar-refractivity contribution is -0.118. The number of fused-ring (bicyclic) bond motifs is 1. The van der Waals surface area contributed by atoms with Crippen molar-refractivity contribution in [3.63, 3.8) is 0 Å². The van der Waals surface area contributed by atoms with Gasteiger partial charge in [0.15, 0.2) is 0 Å². The third kappa shape index (κ3) is 3.23. The van der Waals surface area contributed by atoms with Crippen molar-refractivity contribution in [2.75, 3.05) is 13.2 Å². The van der Waals surface area contributed by atoms with Crippen LogP contribution in [0.4, 0.5) is 0 Å². The van der Waals surface area contributed by atoms with Gasteiger partial charge in [-0.05, 0) is 30.1 Å². The summed E-state index contributed by atoms with van der Waals surface area (Å²) in [4.78, 5) is 27.7. The highest BCUT2D eigenvalue weighted by atomic mass is 16.6. The molecule has 0 atom stereocenters. The predicted molar refractivity (Wildman–Crippen MR) is 116 cm³/mol. The minimum Gasteiger partial charge on any atom is -0.407 e. The number of hydrogen-bond donors (Lipinski definition) is 1. The minimum atomic E-state index is -0.935. The van der Waals surface area contributed by atoms with Crippen molar-refractivity contribution in [3.8, 4) is 0 Å². The third-order valence-electron chi connectivity index (χ3n) is 6.54. The third-order valence-corrected chi connectivity index (χ3v) is 6.54. The average Bonchev–Trinajstić information content (AvgIpc) is 2.97. The molecule has 2 heterocycles. The number of aliphatic hydroxyl groups is 1. The molecule has 0 unspecified atom stereocenters. The first kappa shape index (κ1) is 20.4. The van der Waals surface area contributed by atoms with Gasteiger partial charge in [-0.15, -0.1) is 0 Å². The van der Waals surface area contributed by atoms with Crippen LogP contribution in [0.2, 0.25) is 0 Å². The summed E-state index contributed by atoms with van der Waals surface area (Å²) in [7, 11) is -0.429. The van der Waals surface area contributed by atoms with Gasteiger partial charge in [-0.2, -0.15) is 0 Å². The van der Waals surface area contributed by atoms with Crippen molar-refractivity contribution in [3.05, 3.63) is 65.2 Å². The van der Waals surface area contributed by atoms with Gasteiger partial charge < -0.3 is 14.4 Å². The molecule has 1 saturated carbocycles. The molecule has 2 amide bonds. The van der Waals surface area contributed by atoms with Gasteiger partial charge in [0.25, 0.3) is 11.8 Å². The van der Waals surface area contributed by atoms with Gasteiger partial charge >= 0.3 is 7.12 Å². The van der Waals surface area contributed by atoms with E-state index < -0.39 is 18.3 Å². The van der Waals surface area contributed by atoms with Gasteiger partial charge in [-0.1, -0.05) is 50.2 Å². The summed E-state index contributed by atoms with van der Waals surface area (Å²) in [6.07, 6.45) is 0.602. The summed E-state index contributed by atoms with van der Waals surface area (Å²) < 4.78 is 11.7. The van der Waals surface area contributed by atoms with Crippen LogP contribution in [0.5, 0.6) is 0 Å². The summed E-state index contributed by atoms with van der Waals surface area (Å²) in [5.74, 6) is -0.609. The zero-order valence-corrected chi connectivity index (χ0v) is 18.1. The molecule has 2 aromatic carbocycles. The van der Waals surface area contributed by atoms with E-state index in [2.05, 4.69) is 13.8 Å². The summed E-state index contributed by atoms with van der Waals surface area (Å²) in [6, 6.07) is 14.6. The Bertz CT molecular complexity index is 1010. The maximum atomic E-state index is 13.2. The number of carbonyl (C=O) groups is 2. The van der Waals surface area contributed by atoms with Gasteiger partial charge in [0.1, 0.15) is 0 Å². The predicted octanol–water partition coefficient (Wildman–Crippen LogP) is 2.49. The van der Waals surface area contributed by atoms with E-state index in [0.29, 0.717) is 37.2 Å². The number of amides is 2. The molecule has 1 saturated heterocycles. The standard InChI is InChI=1S/C24H26BNO5/c1-22(2)14-30-25(31-15-22)17-10-8-16(9-11-17)24(12-23(3,29)13-24)26-20(27)18-6-4-5-7-19(18)21(26)28/h4-11,29H,12-15H2,1-3H3/t23-,24+. The van der Waals surface area contributed by atoms with E-state index in [-0.39, 0.29) is 17.2 Å². The normalized spacial score (nSPS) is 29.7. The number of imide groups is 1. The molecule has 5 rings (SSSR count). The van der Waals surface area contributed by atoms with E-state index in [1.165, 1.54) is 4.90 Å². The fraction of sp³-hybridized carbons (Fsp3) is 0.417. The number of benzene rings is 2. The van der Waals surface area contributed by atoms with Gasteiger partial charge in [0, 0.05) is 31.5 Å². The average molecular weight is 419 g/mol. The highest BCUT2D eigenvalue weighted by Gasteiger charge is 2.60. The summed E-state index contributed by atoms with van der Waals surface area (Å²) in [5.41, 5.74) is 0.740. The van der Waals surface area contributed by atoms with Crippen LogP contribution in [-0.4, -0.2) is 47.8 Å². The van der Waals surface area contributed by atoms with Crippen molar-refractivity contribution >= 4 is 24.4 Å². The first-order chi connectivity index (χ1) is 14.6. The molecule has 7 heteroatoms. The van der Waals surface area contributed by atoms with E-state index in [1.54, 1.807) is 31.2 Å². The van der Waals surface area contributed by atoms with Crippen LogP contribution >= 0.6 is 0 Å². The fourth-order valence-corrected chi connectivity index (χ4v) is 5.11. The van der Waals surface area contributed by atoms with Gasteiger partial charge in [-0.25, -0.2) is 0 Å². The van der Waals surface area contributed by atoms with Crippen molar-refractivity contribution in [2.45, 2.75) is 44.8 Å². The second-order valence-electron chi connectivity index (χ2n) is 10.1. The SMILES string of the molecule is CC1(C)COB(c2ccc([C@]3(N4C(=O)c5ccccc5C4=O)C[C@@](C)(O)C3)cc2)OC1. The number of rotatable bonds is 3. The molecule has 2 aromatic rings. The Kier molecular flexibility index (Phi) is 4.45. The van der Waals surface area contributed by atoms with E-state index in [9.17, 15) is 14.7 Å². The van der Waals surface area contributed by atoms with Crippen molar-refractivity contribution < 1.29 is 24.0 Å². The Balaban J connectivity index is 1.47. The monoisotopic (exact) mass is 419 g/mol. The smallest absolute Gasteiger partial charge is 0.407 e. The number of nitrogens with zero attached hydrogens (tertiary/aromatic N) is 1. The molecular weight excluding hydrogens is 393 g/mol. The first-order valence-electron chi connectivity index (χ1n) is 10.7. The molecule has 0 aromatic heterocycles. The van der Waals surface area contributed by atoms with Crippen LogP contribution < -0.4 is 5.46 Å². The molecular formula is C24H26BNO5. The quantitative estimate of drug-likeness (QED) is 0.611. The number of hydrogen-bond acceptors (Lipinski definition) is 5. The van der Waals surface area contributed by atoms with Crippen molar-refractivity contribution in [2.24, 2.45) is 5.41 Å². The molecule has 0 bridgehead atoms. The molecule has 160 valence electrons. The van der Waals surface area contributed by atoms with Gasteiger partial charge in [0.05, 0.1) is 22.3 Å². The van der Waals surface area contributed by atoms with Crippen LogP contribution in [0.1, 0.15) is 59.9 Å². The zero-order chi connectivity index (χ0) is 22.0. The highest BCUT2D eigenvalue weighted by molar-refractivity contribution is 6.61. The molecule has 1 N–H and O–H groups in total. The Morgan fingerprint density at radius 3 is 1.87 bits per heavy atom. The first-order valence-corrected chi connectivity index (χ1v) is 10.7. The minimum absolute atomic E-state index is 0.0104. The van der Waals surface area contributed by atoms with Gasteiger partial charge in [-0.3, -0.25) is 14.5 Å².